The van der Waals surface area contributed by atoms with Crippen molar-refractivity contribution in [2.45, 2.75) is 12.6 Å². The summed E-state index contributed by atoms with van der Waals surface area (Å²) in [6, 6.07) is 0.251. The summed E-state index contributed by atoms with van der Waals surface area (Å²) in [4.78, 5) is 30.1. The number of nitrogens with two attached hydrogens (primary N) is 1. The number of aromatic nitrogens is 2. The number of anilines is 1. The largest absolute Gasteiger partial charge is 0.433 e. The average Bonchev–Trinajstić information content (AvgIpc) is 2.79. The lowest BCUT2D eigenvalue weighted by atomic mass is 10.1. The molecule has 0 saturated carbocycles. The van der Waals surface area contributed by atoms with Crippen LogP contribution in [0.4, 0.5) is 19.1 Å². The molecular formula is C10H10F3N7O2. The molecule has 9 nitrogen and oxygen atoms in total. The number of halogens is 3. The van der Waals surface area contributed by atoms with Crippen LogP contribution in [0.1, 0.15) is 12.1 Å². The fourth-order valence-electron chi connectivity index (χ4n) is 2.06. The van der Waals surface area contributed by atoms with Crippen LogP contribution in [0.5, 0.6) is 0 Å². The van der Waals surface area contributed by atoms with E-state index in [0.29, 0.717) is 4.68 Å². The molecule has 1 atom stereocenters. The second kappa shape index (κ2) is 5.56. The van der Waals surface area contributed by atoms with Gasteiger partial charge in [-0.2, -0.15) is 17.8 Å². The van der Waals surface area contributed by atoms with E-state index in [2.05, 4.69) is 15.0 Å². The van der Waals surface area contributed by atoms with Crippen LogP contribution in [0, 0.1) is 5.92 Å². The number of rotatable bonds is 3. The standard InChI is InChI=1S/C10H10F3N7O2/c11-10(12,13)6-2-8(22)20(15)9(17-6)19-4-5(1-7(19)21)3-16-18-14/h2,5H,1,3-4,15H2. The first kappa shape index (κ1) is 15.6. The topological polar surface area (TPSA) is 130 Å². The van der Waals surface area contributed by atoms with Gasteiger partial charge in [0.1, 0.15) is 0 Å². The Hall–Kier alpha value is -2.75. The number of nitrogen functional groups attached to an aromatic ring is 1. The molecule has 1 amide bonds. The van der Waals surface area contributed by atoms with Crippen LogP contribution in [0.15, 0.2) is 16.0 Å². The number of azide groups is 1. The van der Waals surface area contributed by atoms with Gasteiger partial charge in [-0.25, -0.2) is 4.98 Å². The summed E-state index contributed by atoms with van der Waals surface area (Å²) in [5, 5.41) is 3.31. The second-order valence-electron chi connectivity index (χ2n) is 4.64. The van der Waals surface area contributed by atoms with Gasteiger partial charge in [-0.15, -0.1) is 0 Å². The van der Waals surface area contributed by atoms with Gasteiger partial charge in [-0.3, -0.25) is 14.5 Å². The molecule has 0 radical (unpaired) electrons. The van der Waals surface area contributed by atoms with E-state index in [1.807, 2.05) is 0 Å². The summed E-state index contributed by atoms with van der Waals surface area (Å²) < 4.78 is 38.5. The minimum atomic E-state index is -4.84. The Morgan fingerprint density at radius 1 is 1.50 bits per heavy atom. The number of hydrogen-bond acceptors (Lipinski definition) is 5. The van der Waals surface area contributed by atoms with Crippen molar-refractivity contribution in [1.82, 2.24) is 9.66 Å². The van der Waals surface area contributed by atoms with E-state index in [4.69, 9.17) is 11.4 Å². The molecule has 0 aromatic carbocycles. The van der Waals surface area contributed by atoms with Gasteiger partial charge in [0.2, 0.25) is 11.9 Å². The van der Waals surface area contributed by atoms with Crippen molar-refractivity contribution in [2.24, 2.45) is 11.0 Å². The van der Waals surface area contributed by atoms with Crippen LogP contribution >= 0.6 is 0 Å². The molecule has 0 aliphatic carbocycles. The van der Waals surface area contributed by atoms with Crippen molar-refractivity contribution in [1.29, 1.82) is 0 Å². The molecule has 1 aliphatic heterocycles. The van der Waals surface area contributed by atoms with Crippen molar-refractivity contribution in [3.63, 3.8) is 0 Å². The lowest BCUT2D eigenvalue weighted by Crippen LogP contribution is -2.38. The summed E-state index contributed by atoms with van der Waals surface area (Å²) in [6.45, 7) is -0.0324. The number of carbonyl (C=O) groups excluding carboxylic acids is 1. The van der Waals surface area contributed by atoms with Gasteiger partial charge >= 0.3 is 6.18 Å². The van der Waals surface area contributed by atoms with Crippen LogP contribution in [0.3, 0.4) is 0 Å². The van der Waals surface area contributed by atoms with Crippen LogP contribution in [0.25, 0.3) is 10.4 Å². The molecular weight excluding hydrogens is 307 g/mol. The SMILES string of the molecule is [N-]=[N+]=NCC1CC(=O)N(c2nc(C(F)(F)F)cc(=O)n2N)C1. The molecule has 2 rings (SSSR count). The molecule has 0 bridgehead atoms. The highest BCUT2D eigenvalue weighted by molar-refractivity contribution is 5.94. The van der Waals surface area contributed by atoms with E-state index in [1.54, 1.807) is 0 Å². The van der Waals surface area contributed by atoms with E-state index >= 15 is 0 Å². The molecule has 1 saturated heterocycles. The first-order valence-electron chi connectivity index (χ1n) is 6.01. The monoisotopic (exact) mass is 317 g/mol. The van der Waals surface area contributed by atoms with E-state index in [0.717, 1.165) is 4.90 Å². The summed E-state index contributed by atoms with van der Waals surface area (Å²) in [5.41, 5.74) is 5.67. The molecule has 0 spiro atoms. The maximum Gasteiger partial charge on any atom is 0.433 e. The molecule has 12 heteroatoms. The van der Waals surface area contributed by atoms with Crippen LogP contribution in [0.2, 0.25) is 0 Å². The number of amides is 1. The van der Waals surface area contributed by atoms with Crippen LogP contribution in [-0.2, 0) is 11.0 Å². The van der Waals surface area contributed by atoms with Gasteiger partial charge in [0.25, 0.3) is 5.56 Å². The highest BCUT2D eigenvalue weighted by atomic mass is 19.4. The zero-order chi connectivity index (χ0) is 16.5. The Labute approximate surface area is 120 Å². The van der Waals surface area contributed by atoms with Gasteiger partial charge in [-0.05, 0) is 11.4 Å². The number of hydrogen-bond donors (Lipinski definition) is 1. The van der Waals surface area contributed by atoms with Gasteiger partial charge < -0.3 is 5.84 Å². The smallest absolute Gasteiger partial charge is 0.333 e. The maximum absolute atomic E-state index is 12.7. The predicted octanol–water partition coefficient (Wildman–Crippen LogP) is 0.639. The highest BCUT2D eigenvalue weighted by Gasteiger charge is 2.37. The maximum atomic E-state index is 12.7. The number of carbonyl (C=O) groups is 1. The van der Waals surface area contributed by atoms with E-state index in [1.165, 1.54) is 0 Å². The third-order valence-corrected chi connectivity index (χ3v) is 3.07. The van der Waals surface area contributed by atoms with Crippen molar-refractivity contribution in [3.8, 4) is 0 Å². The Balaban J connectivity index is 2.40. The average molecular weight is 317 g/mol. The van der Waals surface area contributed by atoms with Crippen LogP contribution < -0.4 is 16.3 Å². The third kappa shape index (κ3) is 2.96. The Kier molecular flexibility index (Phi) is 3.95. The highest BCUT2D eigenvalue weighted by Crippen LogP contribution is 2.29. The van der Waals surface area contributed by atoms with Gasteiger partial charge in [0.15, 0.2) is 5.69 Å². The van der Waals surface area contributed by atoms with Crippen molar-refractivity contribution >= 4 is 11.9 Å². The summed E-state index contributed by atoms with van der Waals surface area (Å²) >= 11 is 0. The Morgan fingerprint density at radius 2 is 2.18 bits per heavy atom. The zero-order valence-electron chi connectivity index (χ0n) is 11.0. The lowest BCUT2D eigenvalue weighted by molar-refractivity contribution is -0.141. The summed E-state index contributed by atoms with van der Waals surface area (Å²) in [6.07, 6.45) is -4.87. The normalized spacial score (nSPS) is 18.4. The number of nitrogens with zero attached hydrogens (tertiary/aromatic N) is 6. The van der Waals surface area contributed by atoms with E-state index < -0.39 is 29.3 Å². The van der Waals surface area contributed by atoms with Crippen LogP contribution in [-0.4, -0.2) is 28.7 Å². The minimum absolute atomic E-state index is 0.00645. The van der Waals surface area contributed by atoms with Gasteiger partial charge in [0, 0.05) is 30.5 Å². The lowest BCUT2D eigenvalue weighted by Gasteiger charge is -2.19. The predicted molar refractivity (Wildman–Crippen MR) is 68.1 cm³/mol. The molecule has 22 heavy (non-hydrogen) atoms. The zero-order valence-corrected chi connectivity index (χ0v) is 11.0. The minimum Gasteiger partial charge on any atom is -0.333 e. The molecule has 118 valence electrons. The molecule has 2 heterocycles. The molecule has 1 unspecified atom stereocenters. The number of alkyl halides is 3. The first-order valence-corrected chi connectivity index (χ1v) is 6.01. The fraction of sp³-hybridized carbons (Fsp3) is 0.500. The van der Waals surface area contributed by atoms with Gasteiger partial charge in [-0.1, -0.05) is 5.11 Å². The molecule has 1 aromatic heterocycles. The first-order chi connectivity index (χ1) is 10.2. The fourth-order valence-corrected chi connectivity index (χ4v) is 2.06. The third-order valence-electron chi connectivity index (χ3n) is 3.07. The van der Waals surface area contributed by atoms with Crippen molar-refractivity contribution < 1.29 is 18.0 Å². The summed E-state index contributed by atoms with van der Waals surface area (Å²) in [7, 11) is 0. The quantitative estimate of drug-likeness (QED) is 0.379. The van der Waals surface area contributed by atoms with E-state index in [-0.39, 0.29) is 31.5 Å². The Bertz CT molecular complexity index is 707. The van der Waals surface area contributed by atoms with Gasteiger partial charge in [0.05, 0.1) is 0 Å². The molecule has 2 N–H and O–H groups in total. The van der Waals surface area contributed by atoms with E-state index in [9.17, 15) is 22.8 Å². The Morgan fingerprint density at radius 3 is 2.77 bits per heavy atom. The van der Waals surface area contributed by atoms with Crippen molar-refractivity contribution in [3.05, 3.63) is 32.6 Å². The second-order valence-corrected chi connectivity index (χ2v) is 4.64. The van der Waals surface area contributed by atoms with Crippen molar-refractivity contribution in [2.75, 3.05) is 23.8 Å². The molecule has 1 aliphatic rings. The summed E-state index contributed by atoms with van der Waals surface area (Å²) in [5.74, 6) is 3.86. The molecule has 1 aromatic rings. The molecule has 1 fully saturated rings.